The summed E-state index contributed by atoms with van der Waals surface area (Å²) in [6.07, 6.45) is 4.26. The van der Waals surface area contributed by atoms with Gasteiger partial charge in [-0.3, -0.25) is 23.9 Å². The quantitative estimate of drug-likeness (QED) is 0.589. The van der Waals surface area contributed by atoms with Gasteiger partial charge in [-0.05, 0) is 39.9 Å². The van der Waals surface area contributed by atoms with Crippen LogP contribution in [0.4, 0.5) is 0 Å². The number of piperidine rings is 1. The van der Waals surface area contributed by atoms with E-state index >= 15 is 0 Å². The van der Waals surface area contributed by atoms with Crippen LogP contribution >= 0.6 is 15.9 Å². The summed E-state index contributed by atoms with van der Waals surface area (Å²) in [5.74, 6) is 0.0751. The molecule has 1 saturated heterocycles. The van der Waals surface area contributed by atoms with E-state index in [9.17, 15) is 14.7 Å². The lowest BCUT2D eigenvalue weighted by atomic mass is 9.94. The molecule has 0 spiro atoms. The van der Waals surface area contributed by atoms with Gasteiger partial charge >= 0.3 is 0 Å². The summed E-state index contributed by atoms with van der Waals surface area (Å²) in [6, 6.07) is 8.49. The summed E-state index contributed by atoms with van der Waals surface area (Å²) in [4.78, 5) is 35.5. The number of imidazole rings is 1. The second-order valence-corrected chi connectivity index (χ2v) is 8.81. The Morgan fingerprint density at radius 2 is 2.00 bits per heavy atom. The first-order chi connectivity index (χ1) is 14.5. The molecule has 4 heterocycles. The van der Waals surface area contributed by atoms with Crippen molar-refractivity contribution in [2.75, 3.05) is 19.6 Å². The number of hydrogen-bond acceptors (Lipinski definition) is 5. The van der Waals surface area contributed by atoms with Crippen LogP contribution in [0.15, 0.2) is 45.9 Å². The molecule has 0 aliphatic carbocycles. The molecule has 8 nitrogen and oxygen atoms in total. The minimum atomic E-state index is -0.612. The number of carbonyl (C=O) groups is 1. The Balaban J connectivity index is 1.29. The van der Waals surface area contributed by atoms with E-state index in [-0.39, 0.29) is 29.7 Å². The Bertz CT molecular complexity index is 1170. The van der Waals surface area contributed by atoms with E-state index in [1.54, 1.807) is 21.7 Å². The van der Waals surface area contributed by atoms with Gasteiger partial charge in [0.1, 0.15) is 5.69 Å². The highest BCUT2D eigenvalue weighted by atomic mass is 79.9. The maximum atomic E-state index is 13.0. The molecular weight excluding hydrogens is 450 g/mol. The average molecular weight is 472 g/mol. The number of aromatic amines is 1. The van der Waals surface area contributed by atoms with Crippen LogP contribution in [-0.2, 0) is 13.0 Å². The Kier molecular flexibility index (Phi) is 4.96. The standard InChI is InChI=1S/C21H22BrN5O3/c22-15-10-27-11-16(23-21(27)24-19(15)29)20(30)26-8-6-17(18(28)12-26)25-7-5-13-3-1-2-4-14(13)9-25/h1-4,10-11,17-18,28H,5-9,12H2,(H,23,24,29)/t17-,18-/m0/s1. The number of hydrogen-bond donors (Lipinski definition) is 2. The fourth-order valence-electron chi connectivity index (χ4n) is 4.52. The van der Waals surface area contributed by atoms with Gasteiger partial charge in [0.2, 0.25) is 5.78 Å². The average Bonchev–Trinajstić information content (AvgIpc) is 3.15. The Morgan fingerprint density at radius 3 is 2.80 bits per heavy atom. The van der Waals surface area contributed by atoms with Gasteiger partial charge in [-0.15, -0.1) is 0 Å². The Morgan fingerprint density at radius 1 is 1.20 bits per heavy atom. The number of halogens is 1. The molecule has 2 aromatic heterocycles. The first-order valence-electron chi connectivity index (χ1n) is 10.1. The summed E-state index contributed by atoms with van der Waals surface area (Å²) in [5, 5.41) is 10.8. The second kappa shape index (κ2) is 7.64. The number of aromatic nitrogens is 3. The maximum Gasteiger partial charge on any atom is 0.274 e. The lowest BCUT2D eigenvalue weighted by molar-refractivity contribution is -0.0139. The molecule has 0 unspecified atom stereocenters. The van der Waals surface area contributed by atoms with Crippen molar-refractivity contribution in [2.45, 2.75) is 31.5 Å². The molecule has 5 rings (SSSR count). The minimum Gasteiger partial charge on any atom is -0.390 e. The number of nitrogens with zero attached hydrogens (tertiary/aromatic N) is 4. The summed E-state index contributed by atoms with van der Waals surface area (Å²) in [6.45, 7) is 2.59. The van der Waals surface area contributed by atoms with E-state index in [2.05, 4.69) is 55.1 Å². The van der Waals surface area contributed by atoms with Crippen LogP contribution in [0.2, 0.25) is 0 Å². The number of aliphatic hydroxyl groups excluding tert-OH is 1. The summed E-state index contributed by atoms with van der Waals surface area (Å²) in [7, 11) is 0. The predicted molar refractivity (Wildman–Crippen MR) is 114 cm³/mol. The second-order valence-electron chi connectivity index (χ2n) is 7.95. The van der Waals surface area contributed by atoms with Gasteiger partial charge in [0.05, 0.1) is 10.6 Å². The number of H-pyrrole nitrogens is 1. The number of β-amino-alcohol motifs (C(OH)–C–C–N with tert-alkyl or cyclic N) is 1. The largest absolute Gasteiger partial charge is 0.390 e. The fourth-order valence-corrected chi connectivity index (χ4v) is 4.84. The van der Waals surface area contributed by atoms with Crippen molar-refractivity contribution in [1.29, 1.82) is 0 Å². The molecule has 0 saturated carbocycles. The summed E-state index contributed by atoms with van der Waals surface area (Å²) < 4.78 is 1.97. The van der Waals surface area contributed by atoms with E-state index in [4.69, 9.17) is 0 Å². The highest BCUT2D eigenvalue weighted by molar-refractivity contribution is 9.10. The number of fused-ring (bicyclic) bond motifs is 2. The molecule has 156 valence electrons. The monoisotopic (exact) mass is 471 g/mol. The van der Waals surface area contributed by atoms with Crippen molar-refractivity contribution >= 4 is 27.6 Å². The van der Waals surface area contributed by atoms with E-state index in [0.29, 0.717) is 23.2 Å². The molecule has 0 bridgehead atoms. The van der Waals surface area contributed by atoms with Crippen LogP contribution in [0, 0.1) is 0 Å². The SMILES string of the molecule is O=C(c1cn2cc(Br)c(=O)[nH]c2n1)N1CC[C@H](N2CCc3ccccc3C2)[C@@H](O)C1. The molecule has 2 aliphatic rings. The number of amides is 1. The molecule has 3 aromatic rings. The number of nitrogens with one attached hydrogen (secondary N) is 1. The summed E-state index contributed by atoms with van der Waals surface area (Å²) >= 11 is 3.18. The van der Waals surface area contributed by atoms with Crippen molar-refractivity contribution in [1.82, 2.24) is 24.2 Å². The van der Waals surface area contributed by atoms with Crippen LogP contribution in [0.25, 0.3) is 5.78 Å². The molecular formula is C21H22BrN5O3. The Hall–Kier alpha value is -2.49. The molecule has 30 heavy (non-hydrogen) atoms. The van der Waals surface area contributed by atoms with E-state index in [1.807, 2.05) is 0 Å². The van der Waals surface area contributed by atoms with Crippen molar-refractivity contribution in [3.63, 3.8) is 0 Å². The molecule has 1 amide bonds. The van der Waals surface area contributed by atoms with Gasteiger partial charge in [0, 0.05) is 44.6 Å². The zero-order valence-electron chi connectivity index (χ0n) is 16.3. The molecule has 0 radical (unpaired) electrons. The van der Waals surface area contributed by atoms with Crippen LogP contribution < -0.4 is 5.56 Å². The highest BCUT2D eigenvalue weighted by Gasteiger charge is 2.35. The molecule has 2 atom stereocenters. The molecule has 9 heteroatoms. The predicted octanol–water partition coefficient (Wildman–Crippen LogP) is 1.42. The highest BCUT2D eigenvalue weighted by Crippen LogP contribution is 2.25. The molecule has 1 fully saturated rings. The van der Waals surface area contributed by atoms with Crippen LogP contribution in [0.3, 0.4) is 0 Å². The lowest BCUT2D eigenvalue weighted by Gasteiger charge is -2.43. The van der Waals surface area contributed by atoms with E-state index in [0.717, 1.165) is 19.5 Å². The van der Waals surface area contributed by atoms with Gasteiger partial charge in [0.15, 0.2) is 0 Å². The van der Waals surface area contributed by atoms with Gasteiger partial charge in [0.25, 0.3) is 11.5 Å². The van der Waals surface area contributed by atoms with Crippen molar-refractivity contribution in [2.24, 2.45) is 0 Å². The fraction of sp³-hybridized carbons (Fsp3) is 0.381. The Labute approximate surface area is 181 Å². The van der Waals surface area contributed by atoms with Gasteiger partial charge in [-0.25, -0.2) is 4.98 Å². The minimum absolute atomic E-state index is 0.0378. The third-order valence-electron chi connectivity index (χ3n) is 6.11. The van der Waals surface area contributed by atoms with Crippen LogP contribution in [-0.4, -0.2) is 67.0 Å². The van der Waals surface area contributed by atoms with Crippen molar-refractivity contribution in [3.8, 4) is 0 Å². The number of likely N-dealkylation sites (tertiary alicyclic amines) is 1. The maximum absolute atomic E-state index is 13.0. The molecule has 2 aliphatic heterocycles. The van der Waals surface area contributed by atoms with Crippen LogP contribution in [0.1, 0.15) is 28.0 Å². The van der Waals surface area contributed by atoms with Gasteiger partial charge in [-0.2, -0.15) is 0 Å². The third-order valence-corrected chi connectivity index (χ3v) is 6.67. The smallest absolute Gasteiger partial charge is 0.274 e. The van der Waals surface area contributed by atoms with Crippen molar-refractivity contribution in [3.05, 3.63) is 68.3 Å². The van der Waals surface area contributed by atoms with Crippen LogP contribution in [0.5, 0.6) is 0 Å². The first kappa shape index (κ1) is 19.5. The first-order valence-corrected chi connectivity index (χ1v) is 10.8. The molecule has 1 aromatic carbocycles. The van der Waals surface area contributed by atoms with Gasteiger partial charge in [-0.1, -0.05) is 24.3 Å². The molecule has 2 N–H and O–H groups in total. The number of aliphatic hydroxyl groups is 1. The number of benzene rings is 1. The van der Waals surface area contributed by atoms with E-state index in [1.165, 1.54) is 11.1 Å². The zero-order valence-corrected chi connectivity index (χ0v) is 17.9. The number of rotatable bonds is 2. The normalized spacial score (nSPS) is 22.3. The van der Waals surface area contributed by atoms with Crippen molar-refractivity contribution < 1.29 is 9.90 Å². The third kappa shape index (κ3) is 3.46. The number of carbonyl (C=O) groups excluding carboxylic acids is 1. The summed E-state index contributed by atoms with van der Waals surface area (Å²) in [5.41, 5.74) is 2.65. The lowest BCUT2D eigenvalue weighted by Crippen LogP contribution is -2.56. The van der Waals surface area contributed by atoms with E-state index < -0.39 is 6.10 Å². The van der Waals surface area contributed by atoms with Gasteiger partial charge < -0.3 is 10.0 Å². The topological polar surface area (TPSA) is 93.9 Å². The zero-order chi connectivity index (χ0) is 20.8.